The van der Waals surface area contributed by atoms with E-state index in [0.717, 1.165) is 6.42 Å². The van der Waals surface area contributed by atoms with Crippen molar-refractivity contribution in [3.05, 3.63) is 35.9 Å². The number of hydrogen-bond donors (Lipinski definition) is 11. The Balaban J connectivity index is 3.35. The molecule has 0 aliphatic heterocycles. The molecule has 1 aromatic carbocycles. The van der Waals surface area contributed by atoms with Gasteiger partial charge in [-0.3, -0.25) is 52.7 Å². The van der Waals surface area contributed by atoms with Gasteiger partial charge in [0.15, 0.2) is 0 Å². The number of hydrogen-bond acceptors (Lipinski definition) is 14. The predicted molar refractivity (Wildman–Crippen MR) is 255 cm³/mol. The standard InChI is InChI=1S/C45H73N11O11S/c1-7-9-13-19-56(25-38(61)51-32(21-26(3)4)42(64)49-24-36(48)59)45(67)28(6)54-55-33(23-35(47)58)44(66)52-30(16-17-34(46)57)43(65)53-39(27(5)8-2)41(63)40(62)31(50-37(60)18-20-68)22-29-14-11-10-12-15-29/h10-12,14-15,26-28,30-33,39,54-55,68H,7-9,13,16-25H2,1-6H3,(H2,46,57)(H2,47,58)(H2,48,59)(H,49,64)(H,50,60)(H,51,61)(H,52,66)(H,53,65)/t27-,28-,30-,31-,32-,33-,39?/m0/s1. The van der Waals surface area contributed by atoms with Crippen molar-refractivity contribution < 1.29 is 52.7 Å². The lowest BCUT2D eigenvalue weighted by Crippen LogP contribution is -2.61. The molecule has 0 heterocycles. The summed E-state index contributed by atoms with van der Waals surface area (Å²) in [4.78, 5) is 145. The summed E-state index contributed by atoms with van der Waals surface area (Å²) in [5, 5.41) is 12.6. The summed E-state index contributed by atoms with van der Waals surface area (Å²) in [7, 11) is 0. The van der Waals surface area contributed by atoms with Gasteiger partial charge < -0.3 is 48.7 Å². The molecule has 0 spiro atoms. The number of primary amides is 3. The summed E-state index contributed by atoms with van der Waals surface area (Å²) in [6, 6.07) is 0.674. The molecule has 0 bridgehead atoms. The first kappa shape index (κ1) is 60.1. The molecule has 22 nitrogen and oxygen atoms in total. The number of hydrazine groups is 1. The van der Waals surface area contributed by atoms with Crippen molar-refractivity contribution >= 4 is 77.4 Å². The van der Waals surface area contributed by atoms with Gasteiger partial charge in [-0.05, 0) is 49.3 Å². The van der Waals surface area contributed by atoms with Gasteiger partial charge in [0.1, 0.15) is 18.1 Å². The summed E-state index contributed by atoms with van der Waals surface area (Å²) >= 11 is 4.08. The minimum Gasteiger partial charge on any atom is -0.370 e. The Morgan fingerprint density at radius 2 is 1.29 bits per heavy atom. The monoisotopic (exact) mass is 976 g/mol. The van der Waals surface area contributed by atoms with Crippen molar-refractivity contribution in [1.82, 2.24) is 42.3 Å². The zero-order chi connectivity index (χ0) is 51.5. The third-order valence-corrected chi connectivity index (χ3v) is 10.9. The average molecular weight is 976 g/mol. The van der Waals surface area contributed by atoms with E-state index in [9.17, 15) is 52.7 Å². The fourth-order valence-corrected chi connectivity index (χ4v) is 6.94. The van der Waals surface area contributed by atoms with Crippen molar-refractivity contribution in [1.29, 1.82) is 0 Å². The molecule has 0 saturated heterocycles. The van der Waals surface area contributed by atoms with Crippen LogP contribution in [0.3, 0.4) is 0 Å². The van der Waals surface area contributed by atoms with E-state index in [1.807, 2.05) is 20.8 Å². The maximum absolute atomic E-state index is 14.0. The zero-order valence-corrected chi connectivity index (χ0v) is 40.9. The number of nitrogens with one attached hydrogen (secondary N) is 7. The Hall–Kier alpha value is -5.94. The normalized spacial score (nSPS) is 14.1. The SMILES string of the molecule is CCCCCN(CC(=O)N[C@@H](CC(C)C)C(=O)NCC(N)=O)C(=O)[C@H](C)NN[C@@H](CC(N)=O)C(=O)N[C@@H](CCC(N)=O)C(=O)NC(C(=O)C(=O)[C@H](Cc1ccccc1)NC(=O)CCS)[C@@H](C)CC. The van der Waals surface area contributed by atoms with Gasteiger partial charge in [-0.2, -0.15) is 12.6 Å². The Bertz CT molecular complexity index is 1890. The molecule has 1 aromatic rings. The fourth-order valence-electron chi connectivity index (χ4n) is 6.74. The van der Waals surface area contributed by atoms with Gasteiger partial charge in [0.25, 0.3) is 0 Å². The number of Topliss-reactive ketones (excluding diaryl/α,β-unsaturated/α-hetero) is 2. The van der Waals surface area contributed by atoms with Gasteiger partial charge in [-0.25, -0.2) is 10.9 Å². The van der Waals surface area contributed by atoms with E-state index in [1.165, 1.54) is 11.8 Å². The molecule has 0 saturated carbocycles. The maximum Gasteiger partial charge on any atom is 0.243 e. The number of ketones is 2. The number of nitrogens with zero attached hydrogens (tertiary/aromatic N) is 1. The highest BCUT2D eigenvalue weighted by atomic mass is 32.1. The minimum atomic E-state index is -1.55. The molecule has 0 aromatic heterocycles. The largest absolute Gasteiger partial charge is 0.370 e. The average Bonchev–Trinajstić information content (AvgIpc) is 3.28. The van der Waals surface area contributed by atoms with E-state index in [-0.39, 0.29) is 43.9 Å². The molecule has 380 valence electrons. The lowest BCUT2D eigenvalue weighted by Gasteiger charge is -2.29. The van der Waals surface area contributed by atoms with Crippen LogP contribution in [0.4, 0.5) is 0 Å². The van der Waals surface area contributed by atoms with Crippen molar-refractivity contribution in [3.8, 4) is 0 Å². The van der Waals surface area contributed by atoms with E-state index in [1.54, 1.807) is 44.2 Å². The summed E-state index contributed by atoms with van der Waals surface area (Å²) in [6.07, 6.45) is 1.06. The van der Waals surface area contributed by atoms with Gasteiger partial charge in [0.05, 0.1) is 37.6 Å². The topological polar surface area (TPSA) is 353 Å². The number of thiol groups is 1. The number of carbonyl (C=O) groups excluding carboxylic acids is 11. The smallest absolute Gasteiger partial charge is 0.243 e. The second kappa shape index (κ2) is 31.9. The quantitative estimate of drug-likeness (QED) is 0.0157. The summed E-state index contributed by atoms with van der Waals surface area (Å²) in [6.45, 7) is 9.62. The second-order valence-corrected chi connectivity index (χ2v) is 17.5. The molecule has 0 aliphatic rings. The number of benzene rings is 1. The Labute approximate surface area is 403 Å². The number of amides is 9. The van der Waals surface area contributed by atoms with Gasteiger partial charge in [0.2, 0.25) is 64.7 Å². The van der Waals surface area contributed by atoms with Gasteiger partial charge >= 0.3 is 0 Å². The lowest BCUT2D eigenvalue weighted by molar-refractivity contribution is -0.142. The Kier molecular flexibility index (Phi) is 28.2. The van der Waals surface area contributed by atoms with E-state index in [0.29, 0.717) is 24.8 Å². The zero-order valence-electron chi connectivity index (χ0n) is 40.0. The number of rotatable bonds is 35. The molecule has 1 unspecified atom stereocenters. The molecule has 13 N–H and O–H groups in total. The highest BCUT2D eigenvalue weighted by Gasteiger charge is 2.38. The van der Waals surface area contributed by atoms with Crippen molar-refractivity contribution in [2.45, 2.75) is 142 Å². The first-order valence-electron chi connectivity index (χ1n) is 22.9. The van der Waals surface area contributed by atoms with Gasteiger partial charge in [0, 0.05) is 25.8 Å². The van der Waals surface area contributed by atoms with Crippen LogP contribution in [0.15, 0.2) is 30.3 Å². The molecule has 68 heavy (non-hydrogen) atoms. The minimum absolute atomic E-state index is 0.0271. The van der Waals surface area contributed by atoms with Crippen LogP contribution in [0.2, 0.25) is 0 Å². The highest BCUT2D eigenvalue weighted by Crippen LogP contribution is 2.14. The third-order valence-electron chi connectivity index (χ3n) is 10.7. The van der Waals surface area contributed by atoms with Crippen molar-refractivity contribution in [3.63, 3.8) is 0 Å². The van der Waals surface area contributed by atoms with E-state index in [4.69, 9.17) is 17.2 Å². The first-order chi connectivity index (χ1) is 32.0. The maximum atomic E-state index is 14.0. The van der Waals surface area contributed by atoms with Gasteiger partial charge in [-0.15, -0.1) is 0 Å². The van der Waals surface area contributed by atoms with E-state index < -0.39 is 133 Å². The third kappa shape index (κ3) is 23.2. The van der Waals surface area contributed by atoms with Crippen LogP contribution in [0, 0.1) is 11.8 Å². The molecule has 1 rings (SSSR count). The molecule has 7 atom stereocenters. The number of unbranched alkanes of at least 4 members (excludes halogenated alkanes) is 2. The molecule has 0 aliphatic carbocycles. The highest BCUT2D eigenvalue weighted by molar-refractivity contribution is 7.80. The molecular weight excluding hydrogens is 903 g/mol. The van der Waals surface area contributed by atoms with Gasteiger partial charge in [-0.1, -0.05) is 84.2 Å². The predicted octanol–water partition coefficient (Wildman–Crippen LogP) is -1.67. The number of nitrogens with two attached hydrogens (primary N) is 3. The second-order valence-electron chi connectivity index (χ2n) is 17.1. The molecule has 0 radical (unpaired) electrons. The molecule has 0 fully saturated rings. The fraction of sp³-hybridized carbons (Fsp3) is 0.622. The van der Waals surface area contributed by atoms with Crippen molar-refractivity contribution in [2.75, 3.05) is 25.4 Å². The van der Waals surface area contributed by atoms with Crippen LogP contribution in [-0.4, -0.2) is 131 Å². The Morgan fingerprint density at radius 3 is 1.85 bits per heavy atom. The van der Waals surface area contributed by atoms with E-state index >= 15 is 0 Å². The van der Waals surface area contributed by atoms with Crippen LogP contribution in [0.1, 0.15) is 105 Å². The van der Waals surface area contributed by atoms with Crippen LogP contribution in [0.5, 0.6) is 0 Å². The van der Waals surface area contributed by atoms with Crippen LogP contribution < -0.4 is 54.6 Å². The van der Waals surface area contributed by atoms with Crippen LogP contribution >= 0.6 is 12.6 Å². The molecule has 9 amide bonds. The summed E-state index contributed by atoms with van der Waals surface area (Å²) in [5.41, 5.74) is 22.0. The van der Waals surface area contributed by atoms with Crippen molar-refractivity contribution in [2.24, 2.45) is 29.0 Å². The molecule has 23 heteroatoms. The lowest BCUT2D eigenvalue weighted by atomic mass is 9.89. The van der Waals surface area contributed by atoms with E-state index in [2.05, 4.69) is 50.1 Å². The molecular formula is C45H73N11O11S. The number of carbonyl (C=O) groups is 11. The summed E-state index contributed by atoms with van der Waals surface area (Å²) < 4.78 is 0. The summed E-state index contributed by atoms with van der Waals surface area (Å²) in [5.74, 6) is -9.43. The van der Waals surface area contributed by atoms with Crippen LogP contribution in [-0.2, 0) is 59.2 Å². The first-order valence-corrected chi connectivity index (χ1v) is 23.5. The van der Waals surface area contributed by atoms with Crippen LogP contribution in [0.25, 0.3) is 0 Å². The Morgan fingerprint density at radius 1 is 0.662 bits per heavy atom.